The molecule has 0 atom stereocenters. The smallest absolute Gasteiger partial charge is 0.169 e. The molecule has 6 rings (SSSR count). The average molecular weight is 446 g/mol. The number of ether oxygens (including phenoxy) is 1. The summed E-state index contributed by atoms with van der Waals surface area (Å²) >= 11 is 6.01. The zero-order valence-electron chi connectivity index (χ0n) is 18.5. The van der Waals surface area contributed by atoms with E-state index in [0.717, 1.165) is 80.8 Å². The summed E-state index contributed by atoms with van der Waals surface area (Å²) in [5.74, 6) is 2.51. The van der Waals surface area contributed by atoms with Crippen LogP contribution < -0.4 is 5.32 Å². The average Bonchev–Trinajstić information content (AvgIpc) is 2.74. The minimum atomic E-state index is -0.183. The third-order valence-electron chi connectivity index (χ3n) is 7.99. The van der Waals surface area contributed by atoms with Gasteiger partial charge in [0.2, 0.25) is 0 Å². The lowest BCUT2D eigenvalue weighted by molar-refractivity contribution is -0.0113. The number of halogens is 1. The van der Waals surface area contributed by atoms with Crippen LogP contribution in [0.25, 0.3) is 0 Å². The van der Waals surface area contributed by atoms with Gasteiger partial charge in [0.15, 0.2) is 5.11 Å². The molecule has 1 heterocycles. The van der Waals surface area contributed by atoms with Crippen LogP contribution >= 0.6 is 12.2 Å². The Kier molecular flexibility index (Phi) is 6.49. The Morgan fingerprint density at radius 2 is 1.68 bits per heavy atom. The van der Waals surface area contributed by atoms with Gasteiger partial charge in [-0.15, -0.1) is 0 Å². The Hall–Kier alpha value is -1.24. The maximum atomic E-state index is 13.4. The van der Waals surface area contributed by atoms with E-state index in [-0.39, 0.29) is 11.4 Å². The summed E-state index contributed by atoms with van der Waals surface area (Å²) in [6.07, 6.45) is 9.25. The van der Waals surface area contributed by atoms with Gasteiger partial charge in [-0.25, -0.2) is 4.39 Å². The molecule has 4 aliphatic carbocycles. The van der Waals surface area contributed by atoms with E-state index in [1.807, 2.05) is 12.1 Å². The SMILES string of the molecule is Fc1ccc(CN(CCCN2CCOCC2)C(=S)NC23CC4CC(CC(C4)C2)C3)cc1. The summed E-state index contributed by atoms with van der Waals surface area (Å²) in [5.41, 5.74) is 1.33. The Labute approximate surface area is 191 Å². The van der Waals surface area contributed by atoms with Crippen molar-refractivity contribution in [1.29, 1.82) is 0 Å². The normalized spacial score (nSPS) is 32.2. The summed E-state index contributed by atoms with van der Waals surface area (Å²) in [4.78, 5) is 4.80. The first-order chi connectivity index (χ1) is 15.1. The van der Waals surface area contributed by atoms with Gasteiger partial charge in [0.1, 0.15) is 5.82 Å². The monoisotopic (exact) mass is 445 g/mol. The van der Waals surface area contributed by atoms with E-state index in [4.69, 9.17) is 17.0 Å². The third-order valence-corrected chi connectivity index (χ3v) is 8.35. The van der Waals surface area contributed by atoms with Gasteiger partial charge in [-0.1, -0.05) is 12.1 Å². The first-order valence-electron chi connectivity index (χ1n) is 12.2. The Morgan fingerprint density at radius 3 is 2.29 bits per heavy atom. The van der Waals surface area contributed by atoms with Crippen LogP contribution in [-0.4, -0.2) is 59.8 Å². The van der Waals surface area contributed by atoms with Crippen molar-refractivity contribution in [2.75, 3.05) is 39.4 Å². The molecule has 5 fully saturated rings. The number of nitrogens with one attached hydrogen (secondary N) is 1. The minimum absolute atomic E-state index is 0.183. The maximum Gasteiger partial charge on any atom is 0.169 e. The van der Waals surface area contributed by atoms with E-state index < -0.39 is 0 Å². The van der Waals surface area contributed by atoms with Gasteiger partial charge in [0.05, 0.1) is 13.2 Å². The lowest BCUT2D eigenvalue weighted by Crippen LogP contribution is -2.61. The van der Waals surface area contributed by atoms with Gasteiger partial charge >= 0.3 is 0 Å². The van der Waals surface area contributed by atoms with Gasteiger partial charge in [0, 0.05) is 38.3 Å². The molecule has 4 saturated carbocycles. The van der Waals surface area contributed by atoms with E-state index in [0.29, 0.717) is 0 Å². The molecule has 1 N–H and O–H groups in total. The van der Waals surface area contributed by atoms with Crippen molar-refractivity contribution in [2.45, 2.75) is 57.0 Å². The number of thiocarbonyl (C=S) groups is 1. The summed E-state index contributed by atoms with van der Waals surface area (Å²) in [7, 11) is 0. The molecule has 0 amide bonds. The molecule has 0 radical (unpaired) electrons. The number of rotatable bonds is 7. The molecule has 31 heavy (non-hydrogen) atoms. The number of morpholine rings is 1. The molecule has 0 unspecified atom stereocenters. The molecular weight excluding hydrogens is 409 g/mol. The Morgan fingerprint density at radius 1 is 1.06 bits per heavy atom. The third kappa shape index (κ3) is 5.23. The highest BCUT2D eigenvalue weighted by atomic mass is 32.1. The fourth-order valence-corrected chi connectivity index (χ4v) is 7.31. The predicted octanol–water partition coefficient (Wildman–Crippen LogP) is 4.19. The van der Waals surface area contributed by atoms with Crippen molar-refractivity contribution in [2.24, 2.45) is 17.8 Å². The van der Waals surface area contributed by atoms with Gasteiger partial charge in [-0.05, 0) is 92.6 Å². The van der Waals surface area contributed by atoms with Gasteiger partial charge in [-0.3, -0.25) is 4.90 Å². The fraction of sp³-hybridized carbons (Fsp3) is 0.720. The first-order valence-corrected chi connectivity index (χ1v) is 12.6. The van der Waals surface area contributed by atoms with E-state index in [9.17, 15) is 4.39 Å². The second kappa shape index (κ2) is 9.32. The maximum absolute atomic E-state index is 13.4. The molecule has 1 aromatic rings. The second-order valence-corrected chi connectivity index (χ2v) is 10.9. The zero-order chi connectivity index (χ0) is 21.3. The molecular formula is C25H36FN3OS. The molecule has 6 heteroatoms. The van der Waals surface area contributed by atoms with Crippen LogP contribution in [0.1, 0.15) is 50.5 Å². The van der Waals surface area contributed by atoms with Gasteiger partial charge in [0.25, 0.3) is 0 Å². The Bertz CT molecular complexity index is 729. The van der Waals surface area contributed by atoms with Gasteiger partial charge < -0.3 is 15.0 Å². The summed E-state index contributed by atoms with van der Waals surface area (Å²) in [5, 5.41) is 4.79. The molecule has 1 saturated heterocycles. The second-order valence-electron chi connectivity index (χ2n) is 10.5. The highest BCUT2D eigenvalue weighted by Gasteiger charge is 2.51. The van der Waals surface area contributed by atoms with Crippen LogP contribution in [0.2, 0.25) is 0 Å². The number of hydrogen-bond acceptors (Lipinski definition) is 3. The molecule has 170 valence electrons. The van der Waals surface area contributed by atoms with Crippen molar-refractivity contribution >= 4 is 17.3 Å². The van der Waals surface area contributed by atoms with Crippen molar-refractivity contribution in [1.82, 2.24) is 15.1 Å². The van der Waals surface area contributed by atoms with Crippen LogP contribution in [0.15, 0.2) is 24.3 Å². The highest BCUT2D eigenvalue weighted by molar-refractivity contribution is 7.80. The van der Waals surface area contributed by atoms with Crippen LogP contribution in [0.4, 0.5) is 4.39 Å². The van der Waals surface area contributed by atoms with E-state index in [1.165, 1.54) is 38.5 Å². The summed E-state index contributed by atoms with van der Waals surface area (Å²) in [6.45, 7) is 6.45. The van der Waals surface area contributed by atoms with Crippen molar-refractivity contribution < 1.29 is 9.13 Å². The van der Waals surface area contributed by atoms with Crippen LogP contribution in [-0.2, 0) is 11.3 Å². The van der Waals surface area contributed by atoms with Crippen LogP contribution in [0.3, 0.4) is 0 Å². The molecule has 4 nitrogen and oxygen atoms in total. The largest absolute Gasteiger partial charge is 0.379 e. The van der Waals surface area contributed by atoms with Crippen molar-refractivity contribution in [3.63, 3.8) is 0 Å². The lowest BCUT2D eigenvalue weighted by Gasteiger charge is -2.57. The lowest BCUT2D eigenvalue weighted by atomic mass is 9.53. The summed E-state index contributed by atoms with van der Waals surface area (Å²) in [6, 6.07) is 6.88. The molecule has 1 aliphatic heterocycles. The molecule has 0 spiro atoms. The number of benzene rings is 1. The Balaban J connectivity index is 1.23. The summed E-state index contributed by atoms with van der Waals surface area (Å²) < 4.78 is 18.9. The topological polar surface area (TPSA) is 27.7 Å². The minimum Gasteiger partial charge on any atom is -0.379 e. The standard InChI is InChI=1S/C25H36FN3OS/c26-23-4-2-19(3-5-23)18-29(7-1-6-28-8-10-30-11-9-28)24(31)27-25-15-20-12-21(16-25)14-22(13-20)17-25/h2-5,20-22H,1,6-18H2,(H,27,31). The molecule has 0 aromatic heterocycles. The number of hydrogen-bond donors (Lipinski definition) is 1. The molecule has 1 aromatic carbocycles. The zero-order valence-corrected chi connectivity index (χ0v) is 19.3. The van der Waals surface area contributed by atoms with Crippen molar-refractivity contribution in [3.05, 3.63) is 35.6 Å². The number of nitrogens with zero attached hydrogens (tertiary/aromatic N) is 2. The van der Waals surface area contributed by atoms with Crippen LogP contribution in [0.5, 0.6) is 0 Å². The molecule has 5 aliphatic rings. The highest BCUT2D eigenvalue weighted by Crippen LogP contribution is 2.55. The fourth-order valence-electron chi connectivity index (χ4n) is 6.94. The van der Waals surface area contributed by atoms with Crippen LogP contribution in [0, 0.1) is 23.6 Å². The molecule has 4 bridgehead atoms. The van der Waals surface area contributed by atoms with Crippen molar-refractivity contribution in [3.8, 4) is 0 Å². The predicted molar refractivity (Wildman–Crippen MR) is 125 cm³/mol. The quantitative estimate of drug-likeness (QED) is 0.635. The van der Waals surface area contributed by atoms with Gasteiger partial charge in [-0.2, -0.15) is 0 Å². The van der Waals surface area contributed by atoms with E-state index >= 15 is 0 Å². The van der Waals surface area contributed by atoms with E-state index in [1.54, 1.807) is 12.1 Å². The first kappa shape index (κ1) is 21.6. The van der Waals surface area contributed by atoms with E-state index in [2.05, 4.69) is 15.1 Å².